The minimum absolute atomic E-state index is 0.0521. The molecule has 0 aromatic heterocycles. The van der Waals surface area contributed by atoms with Crippen LogP contribution in [0.2, 0.25) is 0 Å². The Morgan fingerprint density at radius 3 is 2.00 bits per heavy atom. The molecule has 0 aliphatic heterocycles. The summed E-state index contributed by atoms with van der Waals surface area (Å²) < 4.78 is 0. The maximum Gasteiger partial charge on any atom is 0.119 e. The summed E-state index contributed by atoms with van der Waals surface area (Å²) >= 11 is 0. The molecule has 22 heavy (non-hydrogen) atoms. The van der Waals surface area contributed by atoms with Crippen molar-refractivity contribution >= 4 is 0 Å². The Balaban J connectivity index is 2.19. The molecule has 0 saturated carbocycles. The van der Waals surface area contributed by atoms with E-state index in [-0.39, 0.29) is 10.8 Å². The number of hydrogen-bond donors (Lipinski definition) is 1. The van der Waals surface area contributed by atoms with E-state index in [9.17, 15) is 5.11 Å². The average molecular weight is 294 g/mol. The molecule has 0 saturated heterocycles. The minimum atomic E-state index is -0.0521. The molecule has 0 amide bonds. The zero-order valence-electron chi connectivity index (χ0n) is 14.5. The first-order chi connectivity index (χ1) is 10.1. The van der Waals surface area contributed by atoms with Crippen molar-refractivity contribution in [1.29, 1.82) is 0 Å². The first kappa shape index (κ1) is 15.1. The van der Waals surface area contributed by atoms with E-state index >= 15 is 0 Å². The lowest BCUT2D eigenvalue weighted by Gasteiger charge is -2.22. The Bertz CT molecular complexity index is 740. The molecular formula is C21H26O. The molecule has 0 bridgehead atoms. The van der Waals surface area contributed by atoms with Gasteiger partial charge in [-0.3, -0.25) is 0 Å². The molecule has 0 unspecified atom stereocenters. The van der Waals surface area contributed by atoms with Crippen LogP contribution in [-0.2, 0) is 17.3 Å². The lowest BCUT2D eigenvalue weighted by Crippen LogP contribution is -2.12. The second-order valence-electron chi connectivity index (χ2n) is 8.58. The van der Waals surface area contributed by atoms with Gasteiger partial charge in [0, 0.05) is 0 Å². The molecule has 0 atom stereocenters. The molecule has 1 N–H and O–H groups in total. The SMILES string of the molecule is CC(C)(C)c1ccc2c(c1)-c1cc(C(C)(C)C)c(O)cc1C2. The Morgan fingerprint density at radius 2 is 1.41 bits per heavy atom. The van der Waals surface area contributed by atoms with Crippen LogP contribution < -0.4 is 0 Å². The smallest absolute Gasteiger partial charge is 0.119 e. The van der Waals surface area contributed by atoms with Crippen molar-refractivity contribution in [2.45, 2.75) is 58.8 Å². The molecule has 0 heterocycles. The Morgan fingerprint density at radius 1 is 0.773 bits per heavy atom. The van der Waals surface area contributed by atoms with Crippen molar-refractivity contribution in [1.82, 2.24) is 0 Å². The summed E-state index contributed by atoms with van der Waals surface area (Å²) in [7, 11) is 0. The normalized spacial score (nSPS) is 13.9. The number of aromatic hydroxyl groups is 1. The van der Waals surface area contributed by atoms with Gasteiger partial charge in [-0.05, 0) is 62.8 Å². The summed E-state index contributed by atoms with van der Waals surface area (Å²) in [6.45, 7) is 13.2. The average Bonchev–Trinajstić information content (AvgIpc) is 2.71. The molecule has 1 aliphatic carbocycles. The number of benzene rings is 2. The highest BCUT2D eigenvalue weighted by Gasteiger charge is 2.26. The van der Waals surface area contributed by atoms with Crippen LogP contribution >= 0.6 is 0 Å². The van der Waals surface area contributed by atoms with Gasteiger partial charge >= 0.3 is 0 Å². The topological polar surface area (TPSA) is 20.2 Å². The molecule has 0 radical (unpaired) electrons. The summed E-state index contributed by atoms with van der Waals surface area (Å²) in [6, 6.07) is 11.0. The maximum absolute atomic E-state index is 10.4. The van der Waals surface area contributed by atoms with Crippen molar-refractivity contribution in [3.8, 4) is 16.9 Å². The van der Waals surface area contributed by atoms with E-state index in [2.05, 4.69) is 65.8 Å². The molecule has 3 rings (SSSR count). The second kappa shape index (κ2) is 4.62. The molecule has 0 spiro atoms. The van der Waals surface area contributed by atoms with Gasteiger partial charge < -0.3 is 5.11 Å². The standard InChI is InChI=1S/C21H26O/c1-20(2,3)15-8-7-13-9-14-10-19(22)18(21(4,5)6)12-17(14)16(13)11-15/h7-8,10-12,22H,9H2,1-6H3. The lowest BCUT2D eigenvalue weighted by atomic mass is 9.83. The summed E-state index contributed by atoms with van der Waals surface area (Å²) in [4.78, 5) is 0. The van der Waals surface area contributed by atoms with Gasteiger partial charge in [-0.15, -0.1) is 0 Å². The van der Waals surface area contributed by atoms with E-state index in [1.165, 1.54) is 27.8 Å². The van der Waals surface area contributed by atoms with Crippen molar-refractivity contribution in [2.24, 2.45) is 0 Å². The fraction of sp³-hybridized carbons (Fsp3) is 0.429. The number of rotatable bonds is 0. The number of phenolic OH excluding ortho intramolecular Hbond substituents is 1. The predicted molar refractivity (Wildman–Crippen MR) is 93.7 cm³/mol. The van der Waals surface area contributed by atoms with Crippen LogP contribution in [0.3, 0.4) is 0 Å². The largest absolute Gasteiger partial charge is 0.508 e. The Kier molecular flexibility index (Phi) is 3.18. The third-order valence-electron chi connectivity index (χ3n) is 4.68. The van der Waals surface area contributed by atoms with Gasteiger partial charge in [0.25, 0.3) is 0 Å². The summed E-state index contributed by atoms with van der Waals surface area (Å²) in [5, 5.41) is 10.4. The van der Waals surface area contributed by atoms with Crippen molar-refractivity contribution < 1.29 is 5.11 Å². The summed E-state index contributed by atoms with van der Waals surface area (Å²) in [6.07, 6.45) is 0.924. The quantitative estimate of drug-likeness (QED) is 0.575. The highest BCUT2D eigenvalue weighted by molar-refractivity contribution is 5.79. The van der Waals surface area contributed by atoms with E-state index < -0.39 is 0 Å². The molecule has 0 fully saturated rings. The van der Waals surface area contributed by atoms with Crippen molar-refractivity contribution in [2.75, 3.05) is 0 Å². The summed E-state index contributed by atoms with van der Waals surface area (Å²) in [5.74, 6) is 0.426. The van der Waals surface area contributed by atoms with Crippen LogP contribution in [0.4, 0.5) is 0 Å². The van der Waals surface area contributed by atoms with Gasteiger partial charge in [0.2, 0.25) is 0 Å². The fourth-order valence-electron chi connectivity index (χ4n) is 3.28. The fourth-order valence-corrected chi connectivity index (χ4v) is 3.28. The van der Waals surface area contributed by atoms with Gasteiger partial charge in [0.1, 0.15) is 5.75 Å². The van der Waals surface area contributed by atoms with Crippen molar-refractivity contribution in [3.63, 3.8) is 0 Å². The molecule has 2 aromatic carbocycles. The number of hydrogen-bond acceptors (Lipinski definition) is 1. The minimum Gasteiger partial charge on any atom is -0.508 e. The monoisotopic (exact) mass is 294 g/mol. The zero-order chi connectivity index (χ0) is 16.3. The van der Waals surface area contributed by atoms with Crippen LogP contribution in [0, 0.1) is 0 Å². The highest BCUT2D eigenvalue weighted by atomic mass is 16.3. The molecule has 1 nitrogen and oxygen atoms in total. The van der Waals surface area contributed by atoms with Crippen LogP contribution in [-0.4, -0.2) is 5.11 Å². The van der Waals surface area contributed by atoms with Crippen LogP contribution in [0.5, 0.6) is 5.75 Å². The Labute approximate surface area is 134 Å². The lowest BCUT2D eigenvalue weighted by molar-refractivity contribution is 0.446. The molecule has 1 aliphatic rings. The van der Waals surface area contributed by atoms with Gasteiger partial charge in [-0.25, -0.2) is 0 Å². The van der Waals surface area contributed by atoms with E-state index in [0.717, 1.165) is 12.0 Å². The van der Waals surface area contributed by atoms with E-state index in [4.69, 9.17) is 0 Å². The van der Waals surface area contributed by atoms with E-state index in [1.807, 2.05) is 6.07 Å². The highest BCUT2D eigenvalue weighted by Crippen LogP contribution is 2.43. The number of phenols is 1. The van der Waals surface area contributed by atoms with Crippen LogP contribution in [0.1, 0.15) is 63.8 Å². The number of fused-ring (bicyclic) bond motifs is 3. The molecule has 116 valence electrons. The van der Waals surface area contributed by atoms with Gasteiger partial charge in [0.15, 0.2) is 0 Å². The van der Waals surface area contributed by atoms with E-state index in [0.29, 0.717) is 5.75 Å². The summed E-state index contributed by atoms with van der Waals surface area (Å²) in [5.41, 5.74) is 7.74. The van der Waals surface area contributed by atoms with Crippen LogP contribution in [0.15, 0.2) is 30.3 Å². The third-order valence-corrected chi connectivity index (χ3v) is 4.68. The molecule has 1 heteroatoms. The van der Waals surface area contributed by atoms with Gasteiger partial charge in [-0.1, -0.05) is 59.7 Å². The Hall–Kier alpha value is -1.76. The first-order valence-corrected chi connectivity index (χ1v) is 8.07. The molecule has 2 aromatic rings. The predicted octanol–water partition coefficient (Wildman–Crippen LogP) is 5.56. The van der Waals surface area contributed by atoms with Crippen LogP contribution in [0.25, 0.3) is 11.1 Å². The van der Waals surface area contributed by atoms with Gasteiger partial charge in [-0.2, -0.15) is 0 Å². The zero-order valence-corrected chi connectivity index (χ0v) is 14.5. The van der Waals surface area contributed by atoms with Gasteiger partial charge in [0.05, 0.1) is 0 Å². The van der Waals surface area contributed by atoms with E-state index in [1.54, 1.807) is 0 Å². The maximum atomic E-state index is 10.4. The third kappa shape index (κ3) is 2.43. The second-order valence-corrected chi connectivity index (χ2v) is 8.58. The molecular weight excluding hydrogens is 268 g/mol. The first-order valence-electron chi connectivity index (χ1n) is 8.07. The van der Waals surface area contributed by atoms with Crippen molar-refractivity contribution in [3.05, 3.63) is 52.6 Å².